The fourth-order valence-electron chi connectivity index (χ4n) is 2.90. The molecule has 3 rings (SSSR count). The first kappa shape index (κ1) is 13.1. The molecule has 0 unspecified atom stereocenters. The number of hydrogen-bond acceptors (Lipinski definition) is 2. The van der Waals surface area contributed by atoms with Gasteiger partial charge in [0, 0.05) is 12.6 Å². The van der Waals surface area contributed by atoms with Crippen LogP contribution in [0.1, 0.15) is 43.2 Å². The van der Waals surface area contributed by atoms with E-state index >= 15 is 0 Å². The molecule has 19 heavy (non-hydrogen) atoms. The van der Waals surface area contributed by atoms with Crippen molar-refractivity contribution in [2.75, 3.05) is 19.6 Å². The van der Waals surface area contributed by atoms with Gasteiger partial charge in [0.15, 0.2) is 0 Å². The molecule has 2 heteroatoms. The first-order chi connectivity index (χ1) is 9.40. The average molecular weight is 258 g/mol. The van der Waals surface area contributed by atoms with Gasteiger partial charge in [0.05, 0.1) is 0 Å². The lowest BCUT2D eigenvalue weighted by atomic mass is 10.1. The minimum Gasteiger partial charge on any atom is -0.314 e. The van der Waals surface area contributed by atoms with Gasteiger partial charge >= 0.3 is 0 Å². The third kappa shape index (κ3) is 4.32. The van der Waals surface area contributed by atoms with E-state index in [-0.39, 0.29) is 0 Å². The van der Waals surface area contributed by atoms with Crippen molar-refractivity contribution < 1.29 is 0 Å². The summed E-state index contributed by atoms with van der Waals surface area (Å²) in [5.41, 5.74) is 2.94. The minimum absolute atomic E-state index is 0.832. The zero-order chi connectivity index (χ0) is 12.9. The maximum atomic E-state index is 3.58. The summed E-state index contributed by atoms with van der Waals surface area (Å²) in [6.45, 7) is 4.84. The third-order valence-electron chi connectivity index (χ3n) is 4.30. The lowest BCUT2D eigenvalue weighted by Gasteiger charge is -2.26. The summed E-state index contributed by atoms with van der Waals surface area (Å²) >= 11 is 0. The Morgan fingerprint density at radius 3 is 2.32 bits per heavy atom. The van der Waals surface area contributed by atoms with Crippen LogP contribution < -0.4 is 5.32 Å². The number of benzene rings is 1. The quantitative estimate of drug-likeness (QED) is 0.844. The van der Waals surface area contributed by atoms with Gasteiger partial charge in [-0.15, -0.1) is 0 Å². The Hall–Kier alpha value is -0.860. The largest absolute Gasteiger partial charge is 0.314 e. The van der Waals surface area contributed by atoms with Crippen LogP contribution in [-0.2, 0) is 13.0 Å². The second kappa shape index (κ2) is 6.53. The van der Waals surface area contributed by atoms with Crippen LogP contribution in [0.2, 0.25) is 0 Å². The van der Waals surface area contributed by atoms with Crippen LogP contribution in [0.3, 0.4) is 0 Å². The Morgan fingerprint density at radius 1 is 0.947 bits per heavy atom. The van der Waals surface area contributed by atoms with Crippen LogP contribution in [0, 0.1) is 0 Å². The highest BCUT2D eigenvalue weighted by Crippen LogP contribution is 2.18. The van der Waals surface area contributed by atoms with Crippen LogP contribution in [0.25, 0.3) is 0 Å². The standard InChI is InChI=1S/C17H26N2/c1-2-12-19(13-3-1)14-16-6-4-15(5-7-16)10-11-18-17-8-9-17/h4-7,17-18H,1-3,8-14H2. The maximum Gasteiger partial charge on any atom is 0.0233 e. The topological polar surface area (TPSA) is 15.3 Å². The molecule has 2 nitrogen and oxygen atoms in total. The fourth-order valence-corrected chi connectivity index (χ4v) is 2.90. The third-order valence-corrected chi connectivity index (χ3v) is 4.30. The summed E-state index contributed by atoms with van der Waals surface area (Å²) in [7, 11) is 0. The van der Waals surface area contributed by atoms with Crippen LogP contribution in [-0.4, -0.2) is 30.6 Å². The highest BCUT2D eigenvalue weighted by Gasteiger charge is 2.19. The molecule has 2 aliphatic rings. The van der Waals surface area contributed by atoms with E-state index in [1.807, 2.05) is 0 Å². The first-order valence-electron chi connectivity index (χ1n) is 7.94. The molecule has 1 N–H and O–H groups in total. The second-order valence-electron chi connectivity index (χ2n) is 6.13. The van der Waals surface area contributed by atoms with Gasteiger partial charge in [0.2, 0.25) is 0 Å². The molecule has 1 aliphatic carbocycles. The highest BCUT2D eigenvalue weighted by atomic mass is 15.1. The SMILES string of the molecule is c1cc(CN2CCCCC2)ccc1CCNC1CC1. The van der Waals surface area contributed by atoms with Crippen molar-refractivity contribution in [1.82, 2.24) is 10.2 Å². The molecule has 2 fully saturated rings. The maximum absolute atomic E-state index is 3.58. The van der Waals surface area contributed by atoms with Gasteiger partial charge < -0.3 is 5.32 Å². The molecule has 1 heterocycles. The molecule has 1 saturated heterocycles. The normalized spacial score (nSPS) is 20.6. The Balaban J connectivity index is 1.44. The molecule has 0 spiro atoms. The van der Waals surface area contributed by atoms with E-state index in [4.69, 9.17) is 0 Å². The van der Waals surface area contributed by atoms with Crippen molar-refractivity contribution in [3.63, 3.8) is 0 Å². The summed E-state index contributed by atoms with van der Waals surface area (Å²) in [5.74, 6) is 0. The molecule has 0 bridgehead atoms. The van der Waals surface area contributed by atoms with Crippen molar-refractivity contribution in [1.29, 1.82) is 0 Å². The van der Waals surface area contributed by atoms with Crippen LogP contribution in [0.15, 0.2) is 24.3 Å². The number of hydrogen-bond donors (Lipinski definition) is 1. The van der Waals surface area contributed by atoms with E-state index in [9.17, 15) is 0 Å². The first-order valence-corrected chi connectivity index (χ1v) is 7.94. The predicted molar refractivity (Wildman–Crippen MR) is 80.3 cm³/mol. The molecule has 1 aliphatic heterocycles. The fraction of sp³-hybridized carbons (Fsp3) is 0.647. The van der Waals surface area contributed by atoms with Crippen LogP contribution >= 0.6 is 0 Å². The molecular weight excluding hydrogens is 232 g/mol. The molecule has 0 amide bonds. The zero-order valence-corrected chi connectivity index (χ0v) is 11.9. The lowest BCUT2D eigenvalue weighted by molar-refractivity contribution is 0.221. The van der Waals surface area contributed by atoms with E-state index in [1.165, 1.54) is 62.7 Å². The van der Waals surface area contributed by atoms with Gasteiger partial charge in [-0.25, -0.2) is 0 Å². The van der Waals surface area contributed by atoms with Crippen molar-refractivity contribution in [2.45, 2.75) is 51.1 Å². The zero-order valence-electron chi connectivity index (χ0n) is 11.9. The average Bonchev–Trinajstić information content (AvgIpc) is 3.26. The van der Waals surface area contributed by atoms with Crippen LogP contribution in [0.5, 0.6) is 0 Å². The van der Waals surface area contributed by atoms with Gasteiger partial charge in [-0.05, 0) is 62.9 Å². The Morgan fingerprint density at radius 2 is 1.63 bits per heavy atom. The molecular formula is C17H26N2. The van der Waals surface area contributed by atoms with Gasteiger partial charge in [-0.1, -0.05) is 30.7 Å². The van der Waals surface area contributed by atoms with Gasteiger partial charge in [-0.2, -0.15) is 0 Å². The van der Waals surface area contributed by atoms with Crippen molar-refractivity contribution in [3.8, 4) is 0 Å². The number of likely N-dealkylation sites (tertiary alicyclic amines) is 1. The van der Waals surface area contributed by atoms with E-state index in [2.05, 4.69) is 34.5 Å². The van der Waals surface area contributed by atoms with E-state index in [1.54, 1.807) is 0 Å². The Labute approximate surface area is 117 Å². The lowest BCUT2D eigenvalue weighted by Crippen LogP contribution is -2.29. The summed E-state index contributed by atoms with van der Waals surface area (Å²) in [4.78, 5) is 2.59. The predicted octanol–water partition coefficient (Wildman–Crippen LogP) is 2.97. The number of piperidine rings is 1. The summed E-state index contributed by atoms with van der Waals surface area (Å²) in [6.07, 6.45) is 8.11. The molecule has 1 aromatic carbocycles. The van der Waals surface area contributed by atoms with Crippen molar-refractivity contribution in [3.05, 3.63) is 35.4 Å². The number of rotatable bonds is 6. The van der Waals surface area contributed by atoms with E-state index in [0.29, 0.717) is 0 Å². The molecule has 104 valence electrons. The van der Waals surface area contributed by atoms with E-state index < -0.39 is 0 Å². The second-order valence-corrected chi connectivity index (χ2v) is 6.13. The van der Waals surface area contributed by atoms with Gasteiger partial charge in [-0.3, -0.25) is 4.90 Å². The molecule has 1 aromatic rings. The number of nitrogens with one attached hydrogen (secondary N) is 1. The van der Waals surface area contributed by atoms with Crippen LogP contribution in [0.4, 0.5) is 0 Å². The molecule has 1 saturated carbocycles. The highest BCUT2D eigenvalue weighted by molar-refractivity contribution is 5.22. The van der Waals surface area contributed by atoms with Gasteiger partial charge in [0.25, 0.3) is 0 Å². The monoisotopic (exact) mass is 258 g/mol. The van der Waals surface area contributed by atoms with Crippen molar-refractivity contribution >= 4 is 0 Å². The molecule has 0 radical (unpaired) electrons. The Bertz CT molecular complexity index is 375. The van der Waals surface area contributed by atoms with Crippen molar-refractivity contribution in [2.24, 2.45) is 0 Å². The number of nitrogens with zero attached hydrogens (tertiary/aromatic N) is 1. The molecule has 0 atom stereocenters. The smallest absolute Gasteiger partial charge is 0.0233 e. The summed E-state index contributed by atoms with van der Waals surface area (Å²) < 4.78 is 0. The minimum atomic E-state index is 0.832. The molecule has 0 aromatic heterocycles. The Kier molecular flexibility index (Phi) is 4.52. The summed E-state index contributed by atoms with van der Waals surface area (Å²) in [6, 6.07) is 10.1. The summed E-state index contributed by atoms with van der Waals surface area (Å²) in [5, 5.41) is 3.58. The van der Waals surface area contributed by atoms with Gasteiger partial charge in [0.1, 0.15) is 0 Å². The van der Waals surface area contributed by atoms with E-state index in [0.717, 1.165) is 19.1 Å².